The van der Waals surface area contributed by atoms with E-state index in [2.05, 4.69) is 69.4 Å². The molecular weight excluding hydrogens is 336 g/mol. The summed E-state index contributed by atoms with van der Waals surface area (Å²) in [7, 11) is 0. The van der Waals surface area contributed by atoms with Crippen molar-refractivity contribution < 1.29 is 4.42 Å². The van der Waals surface area contributed by atoms with Gasteiger partial charge in [-0.25, -0.2) is 0 Å². The van der Waals surface area contributed by atoms with Crippen LogP contribution in [-0.4, -0.2) is 52.7 Å². The minimum Gasteiger partial charge on any atom is -0.419 e. The highest BCUT2D eigenvalue weighted by Gasteiger charge is 2.19. The molecule has 0 aliphatic carbocycles. The maximum atomic E-state index is 5.88. The van der Waals surface area contributed by atoms with Gasteiger partial charge in [-0.2, -0.15) is 0 Å². The lowest BCUT2D eigenvalue weighted by molar-refractivity contribution is 0.120. The average molecular weight is 362 g/mol. The van der Waals surface area contributed by atoms with Crippen LogP contribution in [0.15, 0.2) is 59.0 Å². The van der Waals surface area contributed by atoms with Crippen molar-refractivity contribution in [1.82, 2.24) is 20.0 Å². The van der Waals surface area contributed by atoms with E-state index in [4.69, 9.17) is 4.42 Å². The van der Waals surface area contributed by atoms with Crippen LogP contribution in [0, 0.1) is 6.92 Å². The van der Waals surface area contributed by atoms with Crippen molar-refractivity contribution in [3.05, 3.63) is 71.6 Å². The Hall–Kier alpha value is -2.50. The van der Waals surface area contributed by atoms with Gasteiger partial charge in [0.05, 0.1) is 6.54 Å². The van der Waals surface area contributed by atoms with Crippen LogP contribution in [0.1, 0.15) is 17.0 Å². The summed E-state index contributed by atoms with van der Waals surface area (Å²) in [6.45, 7) is 8.17. The van der Waals surface area contributed by atoms with Gasteiger partial charge in [0.15, 0.2) is 0 Å². The number of hydrogen-bond donors (Lipinski definition) is 0. The normalized spacial score (nSPS) is 15.9. The van der Waals surface area contributed by atoms with Gasteiger partial charge in [-0.05, 0) is 31.0 Å². The molecule has 140 valence electrons. The lowest BCUT2D eigenvalue weighted by Crippen LogP contribution is -2.46. The first-order valence-corrected chi connectivity index (χ1v) is 9.64. The first-order chi connectivity index (χ1) is 13.3. The van der Waals surface area contributed by atoms with Crippen LogP contribution in [-0.2, 0) is 13.0 Å². The van der Waals surface area contributed by atoms with Gasteiger partial charge in [0.2, 0.25) is 11.8 Å². The van der Waals surface area contributed by atoms with E-state index in [1.165, 1.54) is 11.1 Å². The highest BCUT2D eigenvalue weighted by molar-refractivity contribution is 5.53. The number of piperazine rings is 1. The SMILES string of the molecule is Cc1cccc(-c2nnc(CN3CCN(CCc4ccccc4)CC3)o2)c1. The van der Waals surface area contributed by atoms with E-state index in [9.17, 15) is 0 Å². The van der Waals surface area contributed by atoms with Gasteiger partial charge in [-0.15, -0.1) is 10.2 Å². The predicted octanol–water partition coefficient (Wildman–Crippen LogP) is 3.41. The molecule has 0 amide bonds. The second-order valence-electron chi connectivity index (χ2n) is 7.22. The van der Waals surface area contributed by atoms with E-state index in [-0.39, 0.29) is 0 Å². The van der Waals surface area contributed by atoms with Crippen molar-refractivity contribution >= 4 is 0 Å². The second kappa shape index (κ2) is 8.46. The number of hydrogen-bond acceptors (Lipinski definition) is 5. The number of aromatic nitrogens is 2. The summed E-state index contributed by atoms with van der Waals surface area (Å²) in [6.07, 6.45) is 1.12. The smallest absolute Gasteiger partial charge is 0.247 e. The van der Waals surface area contributed by atoms with Gasteiger partial charge >= 0.3 is 0 Å². The summed E-state index contributed by atoms with van der Waals surface area (Å²) in [5.74, 6) is 1.31. The summed E-state index contributed by atoms with van der Waals surface area (Å²) < 4.78 is 5.88. The number of nitrogens with zero attached hydrogens (tertiary/aromatic N) is 4. The van der Waals surface area contributed by atoms with E-state index < -0.39 is 0 Å². The highest BCUT2D eigenvalue weighted by Crippen LogP contribution is 2.19. The Morgan fingerprint density at radius 3 is 2.44 bits per heavy atom. The first-order valence-electron chi connectivity index (χ1n) is 9.64. The van der Waals surface area contributed by atoms with Crippen molar-refractivity contribution in [2.75, 3.05) is 32.7 Å². The second-order valence-corrected chi connectivity index (χ2v) is 7.22. The molecule has 0 N–H and O–H groups in total. The first kappa shape index (κ1) is 17.9. The molecule has 2 heterocycles. The summed E-state index contributed by atoms with van der Waals surface area (Å²) in [5, 5.41) is 8.46. The third kappa shape index (κ3) is 4.81. The molecular formula is C22H26N4O. The monoisotopic (exact) mass is 362 g/mol. The van der Waals surface area contributed by atoms with Crippen molar-refractivity contribution in [2.24, 2.45) is 0 Å². The molecule has 27 heavy (non-hydrogen) atoms. The van der Waals surface area contributed by atoms with Crippen LogP contribution in [0.5, 0.6) is 0 Å². The quantitative estimate of drug-likeness (QED) is 0.672. The molecule has 5 nitrogen and oxygen atoms in total. The largest absolute Gasteiger partial charge is 0.419 e. The van der Waals surface area contributed by atoms with Gasteiger partial charge in [-0.3, -0.25) is 4.90 Å². The molecule has 0 spiro atoms. The molecule has 3 aromatic rings. The van der Waals surface area contributed by atoms with Crippen LogP contribution in [0.4, 0.5) is 0 Å². The number of benzene rings is 2. The molecule has 0 saturated carbocycles. The van der Waals surface area contributed by atoms with Crippen LogP contribution >= 0.6 is 0 Å². The van der Waals surface area contributed by atoms with Crippen molar-refractivity contribution in [3.63, 3.8) is 0 Å². The zero-order chi connectivity index (χ0) is 18.5. The van der Waals surface area contributed by atoms with E-state index in [1.54, 1.807) is 0 Å². The molecule has 1 aliphatic rings. The number of rotatable bonds is 6. The number of aryl methyl sites for hydroxylation is 1. The molecule has 0 radical (unpaired) electrons. The van der Waals surface area contributed by atoms with E-state index >= 15 is 0 Å². The van der Waals surface area contributed by atoms with E-state index in [0.29, 0.717) is 11.8 Å². The molecule has 1 fully saturated rings. The topological polar surface area (TPSA) is 45.4 Å². The fourth-order valence-electron chi connectivity index (χ4n) is 3.51. The Labute approximate surface area is 160 Å². The average Bonchev–Trinajstić information content (AvgIpc) is 3.17. The van der Waals surface area contributed by atoms with Crippen LogP contribution in [0.2, 0.25) is 0 Å². The fraction of sp³-hybridized carbons (Fsp3) is 0.364. The zero-order valence-corrected chi connectivity index (χ0v) is 15.8. The molecule has 0 atom stereocenters. The Kier molecular flexibility index (Phi) is 5.61. The molecule has 5 heteroatoms. The minimum absolute atomic E-state index is 0.607. The fourth-order valence-corrected chi connectivity index (χ4v) is 3.51. The van der Waals surface area contributed by atoms with Gasteiger partial charge in [0.25, 0.3) is 0 Å². The summed E-state index contributed by atoms with van der Waals surface area (Å²) >= 11 is 0. The zero-order valence-electron chi connectivity index (χ0n) is 15.8. The molecule has 0 unspecified atom stereocenters. The molecule has 0 bridgehead atoms. The Morgan fingerprint density at radius 1 is 0.889 bits per heavy atom. The summed E-state index contributed by atoms with van der Waals surface area (Å²) in [6, 6.07) is 18.9. The van der Waals surface area contributed by atoms with Gasteiger partial charge in [-0.1, -0.05) is 48.0 Å². The van der Waals surface area contributed by atoms with Crippen LogP contribution in [0.25, 0.3) is 11.5 Å². The van der Waals surface area contributed by atoms with Gasteiger partial charge in [0.1, 0.15) is 0 Å². The molecule has 1 aromatic heterocycles. The van der Waals surface area contributed by atoms with Crippen molar-refractivity contribution in [2.45, 2.75) is 19.9 Å². The molecule has 2 aromatic carbocycles. The standard InChI is InChI=1S/C22H26N4O/c1-18-6-5-9-20(16-18)22-24-23-21(27-22)17-26-14-12-25(13-15-26)11-10-19-7-3-2-4-8-19/h2-9,16H,10-15,17H2,1H3. The molecule has 4 rings (SSSR count). The van der Waals surface area contributed by atoms with Gasteiger partial charge < -0.3 is 9.32 Å². The maximum absolute atomic E-state index is 5.88. The van der Waals surface area contributed by atoms with Crippen molar-refractivity contribution in [1.29, 1.82) is 0 Å². The van der Waals surface area contributed by atoms with Gasteiger partial charge in [0, 0.05) is 38.3 Å². The van der Waals surface area contributed by atoms with E-state index in [1.807, 2.05) is 12.1 Å². The summed E-state index contributed by atoms with van der Waals surface area (Å²) in [5.41, 5.74) is 3.59. The lowest BCUT2D eigenvalue weighted by Gasteiger charge is -2.33. The van der Waals surface area contributed by atoms with Crippen LogP contribution < -0.4 is 0 Å². The third-order valence-electron chi connectivity index (χ3n) is 5.12. The predicted molar refractivity (Wildman–Crippen MR) is 106 cm³/mol. The minimum atomic E-state index is 0.607. The maximum Gasteiger partial charge on any atom is 0.247 e. The lowest BCUT2D eigenvalue weighted by atomic mass is 10.1. The Bertz CT molecular complexity index is 854. The Balaban J connectivity index is 1.26. The Morgan fingerprint density at radius 2 is 1.67 bits per heavy atom. The molecule has 1 saturated heterocycles. The van der Waals surface area contributed by atoms with Crippen LogP contribution in [0.3, 0.4) is 0 Å². The molecule has 1 aliphatic heterocycles. The van der Waals surface area contributed by atoms with Crippen molar-refractivity contribution in [3.8, 4) is 11.5 Å². The highest BCUT2D eigenvalue weighted by atomic mass is 16.4. The third-order valence-corrected chi connectivity index (χ3v) is 5.12. The van der Waals surface area contributed by atoms with E-state index in [0.717, 1.165) is 51.3 Å². The summed E-state index contributed by atoms with van der Waals surface area (Å²) in [4.78, 5) is 4.93.